The number of rotatable bonds is 2. The SMILES string of the molecule is O=C(O)NC12COC(CO)(C1)C2. The first-order valence-electron chi connectivity index (χ1n) is 3.86. The van der Waals surface area contributed by atoms with E-state index in [1.165, 1.54) is 0 Å². The van der Waals surface area contributed by atoms with Crippen LogP contribution < -0.4 is 5.32 Å². The van der Waals surface area contributed by atoms with E-state index in [9.17, 15) is 4.79 Å². The molecule has 0 aromatic heterocycles. The Bertz CT molecular complexity index is 221. The monoisotopic (exact) mass is 173 g/mol. The van der Waals surface area contributed by atoms with Crippen LogP contribution in [0.25, 0.3) is 0 Å². The summed E-state index contributed by atoms with van der Waals surface area (Å²) in [5.74, 6) is 0. The molecule has 0 atom stereocenters. The van der Waals surface area contributed by atoms with Gasteiger partial charge in [-0.3, -0.25) is 0 Å². The molecule has 3 rings (SSSR count). The van der Waals surface area contributed by atoms with Gasteiger partial charge in [-0.2, -0.15) is 0 Å². The smallest absolute Gasteiger partial charge is 0.405 e. The highest BCUT2D eigenvalue weighted by Crippen LogP contribution is 2.50. The summed E-state index contributed by atoms with van der Waals surface area (Å²) in [4.78, 5) is 10.3. The normalized spacial score (nSPS) is 43.8. The van der Waals surface area contributed by atoms with Gasteiger partial charge in [-0.15, -0.1) is 0 Å². The molecule has 1 amide bonds. The average molecular weight is 173 g/mol. The van der Waals surface area contributed by atoms with Gasteiger partial charge < -0.3 is 20.3 Å². The maximum Gasteiger partial charge on any atom is 0.405 e. The third-order valence-electron chi connectivity index (χ3n) is 2.64. The minimum Gasteiger partial charge on any atom is -0.465 e. The maximum atomic E-state index is 10.3. The van der Waals surface area contributed by atoms with Crippen LogP contribution in [0, 0.1) is 0 Å². The van der Waals surface area contributed by atoms with E-state index in [-0.39, 0.29) is 6.61 Å². The van der Waals surface area contributed by atoms with Gasteiger partial charge in [0, 0.05) is 12.8 Å². The number of carbonyl (C=O) groups is 1. The van der Waals surface area contributed by atoms with Gasteiger partial charge in [-0.1, -0.05) is 0 Å². The highest BCUT2D eigenvalue weighted by Gasteiger charge is 2.63. The van der Waals surface area contributed by atoms with Gasteiger partial charge in [-0.05, 0) is 0 Å². The third kappa shape index (κ3) is 0.899. The maximum absolute atomic E-state index is 10.3. The number of nitrogens with one attached hydrogen (secondary N) is 1. The Morgan fingerprint density at radius 3 is 2.67 bits per heavy atom. The van der Waals surface area contributed by atoms with Gasteiger partial charge in [0.25, 0.3) is 0 Å². The molecule has 2 aliphatic heterocycles. The Kier molecular flexibility index (Phi) is 1.38. The van der Waals surface area contributed by atoms with Crippen molar-refractivity contribution < 1.29 is 19.7 Å². The molecule has 0 radical (unpaired) electrons. The summed E-state index contributed by atoms with van der Waals surface area (Å²) in [6.45, 7) is 0.371. The van der Waals surface area contributed by atoms with Crippen molar-refractivity contribution in [1.29, 1.82) is 0 Å². The van der Waals surface area contributed by atoms with E-state index >= 15 is 0 Å². The van der Waals surface area contributed by atoms with Crippen LogP contribution in [0.3, 0.4) is 0 Å². The highest BCUT2D eigenvalue weighted by atomic mass is 16.5. The Labute approximate surface area is 69.3 Å². The first-order valence-corrected chi connectivity index (χ1v) is 3.86. The van der Waals surface area contributed by atoms with Crippen LogP contribution in [-0.2, 0) is 4.74 Å². The fourth-order valence-corrected chi connectivity index (χ4v) is 2.19. The van der Waals surface area contributed by atoms with Crippen molar-refractivity contribution in [2.24, 2.45) is 0 Å². The lowest BCUT2D eigenvalue weighted by Gasteiger charge is -2.42. The number of hydrogen-bond donors (Lipinski definition) is 3. The molecule has 3 fully saturated rings. The van der Waals surface area contributed by atoms with Crippen molar-refractivity contribution in [2.45, 2.75) is 24.0 Å². The standard InChI is InChI=1S/C7H11NO4/c9-3-7-1-6(2-7,4-12-7)8-5(10)11/h8-9H,1-4H2,(H,10,11). The molecule has 2 saturated heterocycles. The Hall–Kier alpha value is -0.810. The van der Waals surface area contributed by atoms with E-state index in [1.807, 2.05) is 0 Å². The van der Waals surface area contributed by atoms with Gasteiger partial charge in [0.15, 0.2) is 0 Å². The molecular formula is C7H11NO4. The molecule has 5 heteroatoms. The molecule has 2 heterocycles. The van der Waals surface area contributed by atoms with Crippen molar-refractivity contribution in [2.75, 3.05) is 13.2 Å². The van der Waals surface area contributed by atoms with E-state index in [0.29, 0.717) is 19.4 Å². The summed E-state index contributed by atoms with van der Waals surface area (Å²) in [6, 6.07) is 0. The number of amides is 1. The summed E-state index contributed by atoms with van der Waals surface area (Å²) in [5, 5.41) is 19.8. The lowest BCUT2D eigenvalue weighted by atomic mass is 9.69. The summed E-state index contributed by atoms with van der Waals surface area (Å²) >= 11 is 0. The zero-order chi connectivity index (χ0) is 8.82. The zero-order valence-electron chi connectivity index (χ0n) is 6.54. The Balaban J connectivity index is 2.00. The second-order valence-electron chi connectivity index (χ2n) is 3.69. The quantitative estimate of drug-likeness (QED) is 0.528. The summed E-state index contributed by atoms with van der Waals surface area (Å²) in [5.41, 5.74) is -0.850. The van der Waals surface area contributed by atoms with E-state index in [2.05, 4.69) is 5.32 Å². The summed E-state index contributed by atoms with van der Waals surface area (Å²) < 4.78 is 5.29. The van der Waals surface area contributed by atoms with E-state index in [4.69, 9.17) is 14.9 Å². The fraction of sp³-hybridized carbons (Fsp3) is 0.857. The molecule has 0 spiro atoms. The second-order valence-corrected chi connectivity index (χ2v) is 3.69. The third-order valence-corrected chi connectivity index (χ3v) is 2.64. The first-order chi connectivity index (χ1) is 5.60. The minimum absolute atomic E-state index is 0.0178. The van der Waals surface area contributed by atoms with Crippen LogP contribution in [0.4, 0.5) is 4.79 Å². The molecule has 68 valence electrons. The molecular weight excluding hydrogens is 162 g/mol. The Morgan fingerprint density at radius 2 is 2.25 bits per heavy atom. The lowest BCUT2D eigenvalue weighted by molar-refractivity contribution is -0.0495. The van der Waals surface area contributed by atoms with Crippen LogP contribution in [0.2, 0.25) is 0 Å². The minimum atomic E-state index is -1.02. The lowest BCUT2D eigenvalue weighted by Crippen LogP contribution is -2.60. The summed E-state index contributed by atoms with van der Waals surface area (Å²) in [6.07, 6.45) is 0.179. The van der Waals surface area contributed by atoms with E-state index < -0.39 is 17.2 Å². The van der Waals surface area contributed by atoms with Crippen molar-refractivity contribution >= 4 is 6.09 Å². The molecule has 5 nitrogen and oxygen atoms in total. The highest BCUT2D eigenvalue weighted by molar-refractivity contribution is 5.66. The van der Waals surface area contributed by atoms with Gasteiger partial charge in [-0.25, -0.2) is 4.79 Å². The van der Waals surface area contributed by atoms with Crippen molar-refractivity contribution in [3.05, 3.63) is 0 Å². The average Bonchev–Trinajstić information content (AvgIpc) is 2.40. The van der Waals surface area contributed by atoms with E-state index in [0.717, 1.165) is 0 Å². The van der Waals surface area contributed by atoms with Crippen molar-refractivity contribution in [1.82, 2.24) is 5.32 Å². The predicted molar refractivity (Wildman–Crippen MR) is 38.9 cm³/mol. The predicted octanol–water partition coefficient (Wildman–Crippen LogP) is -0.452. The number of aliphatic hydroxyl groups is 1. The molecule has 1 aliphatic carbocycles. The Morgan fingerprint density at radius 1 is 1.58 bits per heavy atom. The van der Waals surface area contributed by atoms with Gasteiger partial charge >= 0.3 is 6.09 Å². The topological polar surface area (TPSA) is 78.8 Å². The number of ether oxygens (including phenoxy) is 1. The molecule has 3 N–H and O–H groups in total. The first kappa shape index (κ1) is 7.82. The molecule has 3 aliphatic rings. The molecule has 2 bridgehead atoms. The largest absolute Gasteiger partial charge is 0.465 e. The molecule has 0 aromatic carbocycles. The van der Waals surface area contributed by atoms with Crippen LogP contribution in [0.15, 0.2) is 0 Å². The second kappa shape index (κ2) is 2.11. The van der Waals surface area contributed by atoms with Crippen LogP contribution in [0.1, 0.15) is 12.8 Å². The molecule has 0 aromatic rings. The zero-order valence-corrected chi connectivity index (χ0v) is 6.54. The van der Waals surface area contributed by atoms with Gasteiger partial charge in [0.1, 0.15) is 0 Å². The number of carboxylic acid groups (broad SMARTS) is 1. The number of fused-ring (bicyclic) bond motifs is 1. The molecule has 0 unspecified atom stereocenters. The van der Waals surface area contributed by atoms with Gasteiger partial charge in [0.05, 0.1) is 24.4 Å². The fourth-order valence-electron chi connectivity index (χ4n) is 2.19. The van der Waals surface area contributed by atoms with Crippen molar-refractivity contribution in [3.8, 4) is 0 Å². The number of aliphatic hydroxyl groups excluding tert-OH is 1. The van der Waals surface area contributed by atoms with Crippen LogP contribution >= 0.6 is 0 Å². The van der Waals surface area contributed by atoms with Gasteiger partial charge in [0.2, 0.25) is 0 Å². The van der Waals surface area contributed by atoms with Crippen molar-refractivity contribution in [3.63, 3.8) is 0 Å². The molecule has 12 heavy (non-hydrogen) atoms. The summed E-state index contributed by atoms with van der Waals surface area (Å²) in [7, 11) is 0. The number of hydrogen-bond acceptors (Lipinski definition) is 3. The van der Waals surface area contributed by atoms with Crippen LogP contribution in [-0.4, -0.2) is 40.7 Å². The van der Waals surface area contributed by atoms with E-state index in [1.54, 1.807) is 0 Å². The van der Waals surface area contributed by atoms with Crippen LogP contribution in [0.5, 0.6) is 0 Å². The molecule has 1 saturated carbocycles.